The second-order valence-corrected chi connectivity index (χ2v) is 10.8. The first-order valence-corrected chi connectivity index (χ1v) is 12.9. The van der Waals surface area contributed by atoms with Crippen molar-refractivity contribution in [3.8, 4) is 24.3 Å². The van der Waals surface area contributed by atoms with Crippen molar-refractivity contribution in [2.45, 2.75) is 57.1 Å². The minimum atomic E-state index is -1.91. The summed E-state index contributed by atoms with van der Waals surface area (Å²) < 4.78 is 11.2. The molecule has 2 atom stereocenters. The molecule has 2 aliphatic rings. The highest BCUT2D eigenvalue weighted by Gasteiger charge is 2.63. The summed E-state index contributed by atoms with van der Waals surface area (Å²) in [4.78, 5) is 0. The van der Waals surface area contributed by atoms with Gasteiger partial charge in [-0.2, -0.15) is 21.0 Å². The average molecular weight is 471 g/mol. The zero-order chi connectivity index (χ0) is 23.8. The maximum atomic E-state index is 10.4. The molecule has 2 rings (SSSR count). The maximum absolute atomic E-state index is 10.4. The van der Waals surface area contributed by atoms with Crippen molar-refractivity contribution in [1.29, 1.82) is 21.0 Å². The summed E-state index contributed by atoms with van der Waals surface area (Å²) in [5, 5.41) is 41.1. The largest absolute Gasteiger partial charge is 0.359 e. The van der Waals surface area contributed by atoms with Gasteiger partial charge in [-0.25, -0.2) is 0 Å². The molecule has 0 amide bonds. The summed E-state index contributed by atoms with van der Waals surface area (Å²) >= 11 is 3.58. The van der Waals surface area contributed by atoms with Gasteiger partial charge in [0.1, 0.15) is 6.79 Å². The number of hydrogen-bond donors (Lipinski definition) is 0. The van der Waals surface area contributed by atoms with E-state index in [2.05, 4.69) is 31.2 Å². The third-order valence-electron chi connectivity index (χ3n) is 6.22. The van der Waals surface area contributed by atoms with Gasteiger partial charge in [-0.05, 0) is 48.0 Å². The Morgan fingerprint density at radius 2 is 1.78 bits per heavy atom. The summed E-state index contributed by atoms with van der Waals surface area (Å²) in [6.07, 6.45) is 5.23. The van der Waals surface area contributed by atoms with Gasteiger partial charge in [0.15, 0.2) is 5.41 Å². The Labute approximate surface area is 200 Å². The van der Waals surface area contributed by atoms with Crippen molar-refractivity contribution in [2.75, 3.05) is 25.4 Å². The van der Waals surface area contributed by atoms with E-state index >= 15 is 0 Å². The van der Waals surface area contributed by atoms with E-state index < -0.39 is 16.7 Å². The summed E-state index contributed by atoms with van der Waals surface area (Å²) in [7, 11) is 1.55. The third kappa shape index (κ3) is 4.57. The Bertz CT molecular complexity index is 874. The highest BCUT2D eigenvalue weighted by molar-refractivity contribution is 8.17. The zero-order valence-electron chi connectivity index (χ0n) is 19.2. The maximum Gasteiger partial charge on any atom is 0.201 e. The fourth-order valence-electron chi connectivity index (χ4n) is 4.46. The fourth-order valence-corrected chi connectivity index (χ4v) is 7.40. The summed E-state index contributed by atoms with van der Waals surface area (Å²) in [5.41, 5.74) is -1.61. The molecule has 0 radical (unpaired) electrons. The summed E-state index contributed by atoms with van der Waals surface area (Å²) in [5.74, 6) is 1.41. The van der Waals surface area contributed by atoms with E-state index in [1.165, 1.54) is 0 Å². The number of thioether (sulfide) groups is 2. The van der Waals surface area contributed by atoms with Crippen molar-refractivity contribution < 1.29 is 9.47 Å². The first kappa shape index (κ1) is 26.3. The first-order chi connectivity index (χ1) is 15.4. The molecule has 32 heavy (non-hydrogen) atoms. The topological polar surface area (TPSA) is 114 Å². The molecule has 6 nitrogen and oxygen atoms in total. The van der Waals surface area contributed by atoms with Gasteiger partial charge in [0.05, 0.1) is 35.0 Å². The van der Waals surface area contributed by atoms with E-state index in [4.69, 9.17) is 9.47 Å². The van der Waals surface area contributed by atoms with Crippen LogP contribution in [0.3, 0.4) is 0 Å². The quantitative estimate of drug-likeness (QED) is 0.438. The van der Waals surface area contributed by atoms with E-state index in [9.17, 15) is 21.0 Å². The predicted molar refractivity (Wildman–Crippen MR) is 127 cm³/mol. The van der Waals surface area contributed by atoms with Crippen LogP contribution in [0.4, 0.5) is 0 Å². The monoisotopic (exact) mass is 470 g/mol. The van der Waals surface area contributed by atoms with Crippen LogP contribution in [0.5, 0.6) is 0 Å². The van der Waals surface area contributed by atoms with Crippen LogP contribution in [0.25, 0.3) is 0 Å². The molecule has 170 valence electrons. The van der Waals surface area contributed by atoms with Crippen molar-refractivity contribution in [1.82, 2.24) is 0 Å². The lowest BCUT2D eigenvalue weighted by Gasteiger charge is -2.44. The highest BCUT2D eigenvalue weighted by atomic mass is 32.2. The lowest BCUT2D eigenvalue weighted by atomic mass is 9.52. The molecule has 1 aliphatic carbocycles. The molecule has 1 aliphatic heterocycles. The number of hydrogen-bond acceptors (Lipinski definition) is 8. The Morgan fingerprint density at radius 3 is 2.28 bits per heavy atom. The minimum Gasteiger partial charge on any atom is -0.359 e. The van der Waals surface area contributed by atoms with Gasteiger partial charge in [0.25, 0.3) is 0 Å². The van der Waals surface area contributed by atoms with Gasteiger partial charge in [0, 0.05) is 13.0 Å². The average Bonchev–Trinajstić information content (AvgIpc) is 2.83. The number of unbranched alkanes of at least 4 members (excludes halogenated alkanes) is 1. The van der Waals surface area contributed by atoms with Crippen LogP contribution in [0.2, 0.25) is 0 Å². The summed E-state index contributed by atoms with van der Waals surface area (Å²) in [6, 6.07) is 8.45. The van der Waals surface area contributed by atoms with Gasteiger partial charge in [-0.15, -0.1) is 23.5 Å². The molecule has 1 fully saturated rings. The number of nitrogens with zero attached hydrogens (tertiary/aromatic N) is 4. The molecule has 0 saturated carbocycles. The van der Waals surface area contributed by atoms with Crippen LogP contribution in [0, 0.1) is 62.1 Å². The van der Waals surface area contributed by atoms with E-state index in [1.54, 1.807) is 37.6 Å². The lowest BCUT2D eigenvalue weighted by Crippen LogP contribution is -2.49. The number of ether oxygens (including phenoxy) is 2. The number of nitriles is 4. The molecule has 8 heteroatoms. The van der Waals surface area contributed by atoms with E-state index in [0.717, 1.165) is 41.9 Å². The second kappa shape index (κ2) is 11.8. The number of methoxy groups -OCH3 is 1. The van der Waals surface area contributed by atoms with Gasteiger partial charge in [0.2, 0.25) is 5.41 Å². The van der Waals surface area contributed by atoms with Crippen molar-refractivity contribution >= 4 is 23.5 Å². The van der Waals surface area contributed by atoms with Gasteiger partial charge >= 0.3 is 0 Å². The van der Waals surface area contributed by atoms with Gasteiger partial charge in [-0.3, -0.25) is 0 Å². The molecular formula is C24H30N4O2S2. The molecule has 0 N–H and O–H groups in total. The normalized spacial score (nSPS) is 24.8. The Hall–Kier alpha value is -1.94. The highest BCUT2D eigenvalue weighted by Crippen LogP contribution is 2.59. The van der Waals surface area contributed by atoms with Crippen LogP contribution in [0.1, 0.15) is 46.5 Å². The SMILES string of the molecule is CCCC[C@H](OCOC)/C(C)=C1\C(C2SCCCS2)=C[C@@H](C)C(C#N)(C#N)C1(C#N)C#N. The smallest absolute Gasteiger partial charge is 0.201 e. The molecule has 0 spiro atoms. The number of rotatable bonds is 8. The molecule has 0 bridgehead atoms. The van der Waals surface area contributed by atoms with Crippen LogP contribution < -0.4 is 0 Å². The van der Waals surface area contributed by atoms with Crippen LogP contribution in [-0.2, 0) is 9.47 Å². The van der Waals surface area contributed by atoms with Crippen LogP contribution in [-0.4, -0.2) is 36.1 Å². The number of allylic oxidation sites excluding steroid dienone is 2. The molecule has 0 aromatic rings. The molecule has 1 heterocycles. The lowest BCUT2D eigenvalue weighted by molar-refractivity contribution is -0.0622. The second-order valence-electron chi connectivity index (χ2n) is 8.11. The van der Waals surface area contributed by atoms with E-state index in [1.807, 2.05) is 13.0 Å². The summed E-state index contributed by atoms with van der Waals surface area (Å²) in [6.45, 7) is 5.80. The van der Waals surface area contributed by atoms with Crippen LogP contribution >= 0.6 is 23.5 Å². The molecule has 0 aromatic carbocycles. The Balaban J connectivity index is 2.85. The van der Waals surface area contributed by atoms with Gasteiger partial charge in [-0.1, -0.05) is 32.8 Å². The third-order valence-corrected chi connectivity index (χ3v) is 9.20. The Kier molecular flexibility index (Phi) is 9.69. The van der Waals surface area contributed by atoms with Crippen molar-refractivity contribution in [2.24, 2.45) is 16.7 Å². The van der Waals surface area contributed by atoms with Crippen molar-refractivity contribution in [3.63, 3.8) is 0 Å². The predicted octanol–water partition coefficient (Wildman–Crippen LogP) is 5.32. The van der Waals surface area contributed by atoms with Crippen molar-refractivity contribution in [3.05, 3.63) is 22.8 Å². The standard InChI is InChI=1S/C24H30N4O2S2/c1-5-6-8-20(30-16-29-4)18(3)21-19(22-31-9-7-10-32-22)11-17(2)23(12-25,13-26)24(21,14-27)15-28/h11,17,20,22H,5-10,16H2,1-4H3/b21-18+/t17-,20+/m1/s1. The Morgan fingerprint density at radius 1 is 1.16 bits per heavy atom. The zero-order valence-corrected chi connectivity index (χ0v) is 20.8. The molecule has 0 aromatic heterocycles. The van der Waals surface area contributed by atoms with Crippen LogP contribution in [0.15, 0.2) is 22.8 Å². The van der Waals surface area contributed by atoms with E-state index in [-0.39, 0.29) is 17.5 Å². The molecule has 1 saturated heterocycles. The van der Waals surface area contributed by atoms with E-state index in [0.29, 0.717) is 12.0 Å². The fraction of sp³-hybridized carbons (Fsp3) is 0.667. The van der Waals surface area contributed by atoms with Gasteiger partial charge < -0.3 is 9.47 Å². The minimum absolute atomic E-state index is 0.0434. The molecular weight excluding hydrogens is 440 g/mol. The molecule has 0 unspecified atom stereocenters. The first-order valence-electron chi connectivity index (χ1n) is 10.8.